The number of nitrogens with zero attached hydrogens (tertiary/aromatic N) is 3. The summed E-state index contributed by atoms with van der Waals surface area (Å²) in [6, 6.07) is 52.2. The molecule has 0 amide bonds. The van der Waals surface area contributed by atoms with E-state index in [-0.39, 0.29) is 0 Å². The van der Waals surface area contributed by atoms with E-state index in [1.54, 1.807) is 0 Å². The Morgan fingerprint density at radius 3 is 1.56 bits per heavy atom. The van der Waals surface area contributed by atoms with Crippen LogP contribution in [0.2, 0.25) is 0 Å². The maximum atomic E-state index is 6.28. The summed E-state index contributed by atoms with van der Waals surface area (Å²) in [5, 5.41) is 7.11. The van der Waals surface area contributed by atoms with E-state index in [0.717, 1.165) is 44.2 Å². The van der Waals surface area contributed by atoms with Gasteiger partial charge in [-0.1, -0.05) is 127 Å². The van der Waals surface area contributed by atoms with Crippen LogP contribution in [-0.2, 0) is 0 Å². The van der Waals surface area contributed by atoms with Crippen LogP contribution in [0.1, 0.15) is 0 Å². The highest BCUT2D eigenvalue weighted by Crippen LogP contribution is 2.42. The minimum Gasteiger partial charge on any atom is -0.456 e. The molecule has 2 aromatic heterocycles. The molecule has 9 rings (SSSR count). The maximum absolute atomic E-state index is 6.28. The fourth-order valence-electron chi connectivity index (χ4n) is 6.38. The number of aromatic nitrogens is 3. The molecule has 210 valence electrons. The van der Waals surface area contributed by atoms with E-state index < -0.39 is 0 Å². The van der Waals surface area contributed by atoms with Gasteiger partial charge in [-0.25, -0.2) is 15.0 Å². The number of para-hydroxylation sites is 1. The predicted octanol–water partition coefficient (Wildman–Crippen LogP) is 10.7. The van der Waals surface area contributed by atoms with Gasteiger partial charge < -0.3 is 4.42 Å². The third-order valence-electron chi connectivity index (χ3n) is 8.52. The van der Waals surface area contributed by atoms with Gasteiger partial charge in [-0.2, -0.15) is 0 Å². The largest absolute Gasteiger partial charge is 0.456 e. The van der Waals surface area contributed by atoms with Gasteiger partial charge in [0, 0.05) is 32.8 Å². The summed E-state index contributed by atoms with van der Waals surface area (Å²) in [7, 11) is 0. The number of benzene rings is 7. The highest BCUT2D eigenvalue weighted by atomic mass is 16.3. The Hall–Kier alpha value is -6.13. The number of hydrogen-bond acceptors (Lipinski definition) is 4. The van der Waals surface area contributed by atoms with Crippen LogP contribution in [0.25, 0.3) is 88.8 Å². The van der Waals surface area contributed by atoms with E-state index in [9.17, 15) is 0 Å². The van der Waals surface area contributed by atoms with Crippen LogP contribution in [0, 0.1) is 0 Å². The lowest BCUT2D eigenvalue weighted by molar-refractivity contribution is 0.669. The summed E-state index contributed by atoms with van der Waals surface area (Å²) in [6.07, 6.45) is 0. The van der Waals surface area contributed by atoms with Gasteiger partial charge in [0.15, 0.2) is 17.5 Å². The average molecular weight is 576 g/mol. The SMILES string of the molecule is c1ccc(-c2nc(-c3ccccc3)nc(-c3ccc(-c4cc5ccccc5c5c4ccc4oc6ccccc6c45)cc3)n2)cc1. The molecule has 0 spiro atoms. The summed E-state index contributed by atoms with van der Waals surface area (Å²) in [5.41, 5.74) is 6.95. The van der Waals surface area contributed by atoms with Gasteiger partial charge in [0.25, 0.3) is 0 Å². The molecule has 2 heterocycles. The molecule has 0 atom stereocenters. The van der Waals surface area contributed by atoms with Crippen molar-refractivity contribution in [3.05, 3.63) is 152 Å². The number of hydrogen-bond donors (Lipinski definition) is 0. The zero-order valence-electron chi connectivity index (χ0n) is 24.2. The van der Waals surface area contributed by atoms with Crippen molar-refractivity contribution in [2.24, 2.45) is 0 Å². The minimum atomic E-state index is 0.643. The molecule has 0 radical (unpaired) electrons. The van der Waals surface area contributed by atoms with Gasteiger partial charge in [0.1, 0.15) is 11.2 Å². The molecule has 0 aliphatic heterocycles. The number of furan rings is 1. The number of fused-ring (bicyclic) bond motifs is 7. The first-order chi connectivity index (χ1) is 22.3. The van der Waals surface area contributed by atoms with Crippen LogP contribution in [0.3, 0.4) is 0 Å². The first-order valence-electron chi connectivity index (χ1n) is 15.0. The van der Waals surface area contributed by atoms with Crippen LogP contribution in [0.5, 0.6) is 0 Å². The van der Waals surface area contributed by atoms with E-state index in [2.05, 4.69) is 78.9 Å². The highest BCUT2D eigenvalue weighted by Gasteiger charge is 2.17. The topological polar surface area (TPSA) is 51.8 Å². The molecule has 0 bridgehead atoms. The summed E-state index contributed by atoms with van der Waals surface area (Å²) >= 11 is 0. The normalized spacial score (nSPS) is 11.6. The lowest BCUT2D eigenvalue weighted by Gasteiger charge is -2.13. The molecule has 0 fully saturated rings. The summed E-state index contributed by atoms with van der Waals surface area (Å²) in [5.74, 6) is 1.95. The Balaban J connectivity index is 1.22. The Bertz CT molecular complexity index is 2460. The highest BCUT2D eigenvalue weighted by molar-refractivity contribution is 6.29. The van der Waals surface area contributed by atoms with Crippen LogP contribution in [-0.4, -0.2) is 15.0 Å². The van der Waals surface area contributed by atoms with E-state index >= 15 is 0 Å². The van der Waals surface area contributed by atoms with Crippen LogP contribution in [0.15, 0.2) is 156 Å². The fourth-order valence-corrected chi connectivity index (χ4v) is 6.38. The fraction of sp³-hybridized carbons (Fsp3) is 0. The molecular formula is C41H25N3O. The summed E-state index contributed by atoms with van der Waals surface area (Å²) in [6.45, 7) is 0. The Morgan fingerprint density at radius 2 is 0.889 bits per heavy atom. The summed E-state index contributed by atoms with van der Waals surface area (Å²) in [4.78, 5) is 14.7. The molecule has 45 heavy (non-hydrogen) atoms. The lowest BCUT2D eigenvalue weighted by Crippen LogP contribution is -2.00. The van der Waals surface area contributed by atoms with Crippen molar-refractivity contribution in [1.29, 1.82) is 0 Å². The first-order valence-corrected chi connectivity index (χ1v) is 15.0. The van der Waals surface area contributed by atoms with E-state index in [4.69, 9.17) is 19.4 Å². The zero-order valence-corrected chi connectivity index (χ0v) is 24.2. The lowest BCUT2D eigenvalue weighted by atomic mass is 9.90. The van der Waals surface area contributed by atoms with Gasteiger partial charge in [-0.3, -0.25) is 0 Å². The quantitative estimate of drug-likeness (QED) is 0.196. The monoisotopic (exact) mass is 575 g/mol. The molecule has 0 saturated heterocycles. The van der Waals surface area contributed by atoms with Crippen molar-refractivity contribution >= 4 is 43.5 Å². The molecule has 0 unspecified atom stereocenters. The van der Waals surface area contributed by atoms with Crippen LogP contribution in [0.4, 0.5) is 0 Å². The maximum Gasteiger partial charge on any atom is 0.164 e. The molecule has 0 aliphatic carbocycles. The predicted molar refractivity (Wildman–Crippen MR) is 184 cm³/mol. The standard InChI is InChI=1S/C41H25N3O/c1-3-11-27(12-4-1)39-42-40(28-13-5-2-6-14-28)44-41(43-39)29-21-19-26(20-22-29)34-25-30-15-7-8-16-31(30)37-32(34)23-24-36-38(37)33-17-9-10-18-35(33)45-36/h1-25H. The second-order valence-corrected chi connectivity index (χ2v) is 11.2. The van der Waals surface area contributed by atoms with Gasteiger partial charge in [0.05, 0.1) is 0 Å². The number of rotatable bonds is 4. The van der Waals surface area contributed by atoms with Crippen molar-refractivity contribution in [2.45, 2.75) is 0 Å². The third-order valence-corrected chi connectivity index (χ3v) is 8.52. The van der Waals surface area contributed by atoms with Crippen molar-refractivity contribution < 1.29 is 4.42 Å². The molecule has 4 heteroatoms. The van der Waals surface area contributed by atoms with E-state index in [1.165, 1.54) is 27.1 Å². The second kappa shape index (κ2) is 10.2. The average Bonchev–Trinajstić information content (AvgIpc) is 3.51. The Morgan fingerprint density at radius 1 is 0.356 bits per heavy atom. The molecule has 0 aliphatic rings. The van der Waals surface area contributed by atoms with Crippen molar-refractivity contribution in [3.8, 4) is 45.3 Å². The van der Waals surface area contributed by atoms with Crippen molar-refractivity contribution in [3.63, 3.8) is 0 Å². The van der Waals surface area contributed by atoms with Crippen molar-refractivity contribution in [2.75, 3.05) is 0 Å². The van der Waals surface area contributed by atoms with E-state index in [0.29, 0.717) is 17.5 Å². The molecule has 0 N–H and O–H groups in total. The van der Waals surface area contributed by atoms with Gasteiger partial charge in [0.2, 0.25) is 0 Å². The molecule has 0 saturated carbocycles. The van der Waals surface area contributed by atoms with Crippen molar-refractivity contribution in [1.82, 2.24) is 15.0 Å². The van der Waals surface area contributed by atoms with Crippen LogP contribution >= 0.6 is 0 Å². The molecule has 7 aromatic carbocycles. The second-order valence-electron chi connectivity index (χ2n) is 11.2. The Kier molecular flexibility index (Phi) is 5.78. The third kappa shape index (κ3) is 4.27. The molecule has 9 aromatic rings. The van der Waals surface area contributed by atoms with Gasteiger partial charge >= 0.3 is 0 Å². The summed E-state index contributed by atoms with van der Waals surface area (Å²) < 4.78 is 6.28. The smallest absolute Gasteiger partial charge is 0.164 e. The Labute approximate surface area is 259 Å². The van der Waals surface area contributed by atoms with Gasteiger partial charge in [-0.15, -0.1) is 0 Å². The first kappa shape index (κ1) is 25.4. The van der Waals surface area contributed by atoms with E-state index in [1.807, 2.05) is 72.8 Å². The van der Waals surface area contributed by atoms with Gasteiger partial charge in [-0.05, 0) is 51.6 Å². The van der Waals surface area contributed by atoms with Crippen LogP contribution < -0.4 is 0 Å². The molecular weight excluding hydrogens is 550 g/mol. The zero-order chi connectivity index (χ0) is 29.7. The molecule has 4 nitrogen and oxygen atoms in total. The minimum absolute atomic E-state index is 0.643.